The van der Waals surface area contributed by atoms with Crippen molar-refractivity contribution in [2.24, 2.45) is 0 Å². The lowest BCUT2D eigenvalue weighted by molar-refractivity contribution is -0.125. The van der Waals surface area contributed by atoms with Crippen LogP contribution < -0.4 is 9.47 Å². The SMILES string of the molecule is O=C(CC(F)(F)F)c1cc2c(cc1Cl)OCCO2. The molecule has 7 heteroatoms. The molecule has 0 saturated carbocycles. The van der Waals surface area contributed by atoms with Gasteiger partial charge in [-0.25, -0.2) is 0 Å². The molecule has 2 rings (SSSR count). The van der Waals surface area contributed by atoms with Gasteiger partial charge in [0.25, 0.3) is 0 Å². The predicted octanol–water partition coefficient (Wildman–Crippen LogP) is 3.25. The summed E-state index contributed by atoms with van der Waals surface area (Å²) in [5.41, 5.74) is -0.210. The number of benzene rings is 1. The summed E-state index contributed by atoms with van der Waals surface area (Å²) in [6, 6.07) is 2.48. The van der Waals surface area contributed by atoms with E-state index in [-0.39, 0.29) is 22.9 Å². The number of ketones is 1. The minimum Gasteiger partial charge on any atom is -0.486 e. The van der Waals surface area contributed by atoms with Gasteiger partial charge < -0.3 is 9.47 Å². The molecular formula is C11H8ClF3O3. The Morgan fingerprint density at radius 3 is 2.33 bits per heavy atom. The molecule has 0 bridgehead atoms. The molecule has 0 amide bonds. The van der Waals surface area contributed by atoms with E-state index in [0.717, 1.165) is 0 Å². The summed E-state index contributed by atoms with van der Waals surface area (Å²) in [5, 5.41) is -0.0755. The number of ether oxygens (including phenoxy) is 2. The quantitative estimate of drug-likeness (QED) is 0.780. The van der Waals surface area contributed by atoms with Gasteiger partial charge in [-0.2, -0.15) is 13.2 Å². The summed E-state index contributed by atoms with van der Waals surface area (Å²) < 4.78 is 46.8. The zero-order chi connectivity index (χ0) is 13.3. The van der Waals surface area contributed by atoms with E-state index in [0.29, 0.717) is 12.4 Å². The van der Waals surface area contributed by atoms with Crippen molar-refractivity contribution >= 4 is 17.4 Å². The van der Waals surface area contributed by atoms with E-state index in [4.69, 9.17) is 21.1 Å². The molecule has 0 saturated heterocycles. The lowest BCUT2D eigenvalue weighted by atomic mass is 10.1. The second-order valence-electron chi connectivity index (χ2n) is 3.69. The van der Waals surface area contributed by atoms with E-state index < -0.39 is 18.4 Å². The van der Waals surface area contributed by atoms with Gasteiger partial charge in [0.15, 0.2) is 17.3 Å². The van der Waals surface area contributed by atoms with Gasteiger partial charge in [0.05, 0.1) is 5.02 Å². The van der Waals surface area contributed by atoms with Gasteiger partial charge in [-0.3, -0.25) is 4.79 Å². The Balaban J connectivity index is 2.31. The monoisotopic (exact) mass is 280 g/mol. The maximum absolute atomic E-state index is 12.1. The first-order chi connectivity index (χ1) is 8.37. The highest BCUT2D eigenvalue weighted by Crippen LogP contribution is 2.36. The topological polar surface area (TPSA) is 35.5 Å². The first-order valence-electron chi connectivity index (χ1n) is 5.06. The van der Waals surface area contributed by atoms with Crippen LogP contribution in [0.25, 0.3) is 0 Å². The van der Waals surface area contributed by atoms with Crippen molar-refractivity contribution in [3.63, 3.8) is 0 Å². The van der Waals surface area contributed by atoms with Crippen molar-refractivity contribution in [1.29, 1.82) is 0 Å². The summed E-state index contributed by atoms with van der Waals surface area (Å²) in [6.45, 7) is 0.612. The number of halogens is 4. The maximum atomic E-state index is 12.1. The largest absolute Gasteiger partial charge is 0.486 e. The van der Waals surface area contributed by atoms with Crippen LogP contribution in [-0.4, -0.2) is 25.2 Å². The normalized spacial score (nSPS) is 14.4. The van der Waals surface area contributed by atoms with E-state index in [1.54, 1.807) is 0 Å². The number of rotatable bonds is 2. The third-order valence-electron chi connectivity index (χ3n) is 2.29. The number of hydrogen-bond donors (Lipinski definition) is 0. The van der Waals surface area contributed by atoms with Crippen molar-refractivity contribution in [1.82, 2.24) is 0 Å². The third kappa shape index (κ3) is 2.87. The summed E-state index contributed by atoms with van der Waals surface area (Å²) in [7, 11) is 0. The van der Waals surface area contributed by atoms with Gasteiger partial charge in [-0.15, -0.1) is 0 Å². The summed E-state index contributed by atoms with van der Waals surface area (Å²) in [6.07, 6.45) is -6.11. The van der Waals surface area contributed by atoms with Crippen LogP contribution in [0.2, 0.25) is 5.02 Å². The Morgan fingerprint density at radius 1 is 1.22 bits per heavy atom. The molecule has 0 atom stereocenters. The van der Waals surface area contributed by atoms with Crippen molar-refractivity contribution < 1.29 is 27.4 Å². The molecule has 98 valence electrons. The van der Waals surface area contributed by atoms with Crippen LogP contribution in [0.3, 0.4) is 0 Å². The number of carbonyl (C=O) groups is 1. The summed E-state index contributed by atoms with van der Waals surface area (Å²) in [5.74, 6) is -0.532. The van der Waals surface area contributed by atoms with E-state index >= 15 is 0 Å². The third-order valence-corrected chi connectivity index (χ3v) is 2.61. The molecule has 0 aromatic heterocycles. The molecule has 1 aromatic carbocycles. The van der Waals surface area contributed by atoms with Crippen molar-refractivity contribution in [3.05, 3.63) is 22.7 Å². The molecule has 1 aliphatic rings. The molecule has 1 aromatic rings. The first-order valence-corrected chi connectivity index (χ1v) is 5.44. The average Bonchev–Trinajstić information content (AvgIpc) is 2.25. The van der Waals surface area contributed by atoms with Crippen LogP contribution >= 0.6 is 11.6 Å². The molecule has 1 heterocycles. The van der Waals surface area contributed by atoms with Crippen LogP contribution in [0.5, 0.6) is 11.5 Å². The van der Waals surface area contributed by atoms with Crippen molar-refractivity contribution in [2.75, 3.05) is 13.2 Å². The lowest BCUT2D eigenvalue weighted by Gasteiger charge is -2.19. The molecule has 0 N–H and O–H groups in total. The van der Waals surface area contributed by atoms with Gasteiger partial charge >= 0.3 is 6.18 Å². The van der Waals surface area contributed by atoms with Crippen molar-refractivity contribution in [3.8, 4) is 11.5 Å². The Kier molecular flexibility index (Phi) is 3.38. The minimum atomic E-state index is -4.56. The van der Waals surface area contributed by atoms with Gasteiger partial charge in [-0.1, -0.05) is 11.6 Å². The molecule has 0 unspecified atom stereocenters. The average molecular weight is 281 g/mol. The van der Waals surface area contributed by atoms with E-state index in [1.807, 2.05) is 0 Å². The molecule has 3 nitrogen and oxygen atoms in total. The molecule has 0 fully saturated rings. The summed E-state index contributed by atoms with van der Waals surface area (Å²) >= 11 is 5.76. The van der Waals surface area contributed by atoms with E-state index in [9.17, 15) is 18.0 Å². The van der Waals surface area contributed by atoms with Gasteiger partial charge in [0.2, 0.25) is 0 Å². The number of hydrogen-bond acceptors (Lipinski definition) is 3. The van der Waals surface area contributed by atoms with E-state index in [1.165, 1.54) is 12.1 Å². The Morgan fingerprint density at radius 2 is 1.78 bits per heavy atom. The number of Topliss-reactive ketones (excluding diaryl/α,β-unsaturated/α-hetero) is 1. The standard InChI is InChI=1S/C11H8ClF3O3/c12-7-4-10-9(17-1-2-18-10)3-6(7)8(16)5-11(13,14)15/h3-4H,1-2,5H2. The number of alkyl halides is 3. The fraction of sp³-hybridized carbons (Fsp3) is 0.364. The van der Waals surface area contributed by atoms with Crippen molar-refractivity contribution in [2.45, 2.75) is 12.6 Å². The minimum absolute atomic E-state index is 0.0755. The van der Waals surface area contributed by atoms with Crippen LogP contribution in [0.4, 0.5) is 13.2 Å². The molecule has 0 spiro atoms. The Hall–Kier alpha value is -1.43. The predicted molar refractivity (Wildman–Crippen MR) is 57.4 cm³/mol. The van der Waals surface area contributed by atoms with Gasteiger partial charge in [0.1, 0.15) is 19.6 Å². The number of fused-ring (bicyclic) bond motifs is 1. The maximum Gasteiger partial charge on any atom is 0.396 e. The van der Waals surface area contributed by atoms with Crippen LogP contribution in [0.15, 0.2) is 12.1 Å². The molecule has 0 radical (unpaired) electrons. The second-order valence-corrected chi connectivity index (χ2v) is 4.10. The molecular weight excluding hydrogens is 273 g/mol. The molecule has 0 aliphatic carbocycles. The van der Waals surface area contributed by atoms with E-state index in [2.05, 4.69) is 0 Å². The Bertz CT molecular complexity index is 485. The second kappa shape index (κ2) is 4.68. The Labute approximate surface area is 105 Å². The zero-order valence-corrected chi connectivity index (χ0v) is 9.77. The fourth-order valence-electron chi connectivity index (χ4n) is 1.55. The highest BCUT2D eigenvalue weighted by atomic mass is 35.5. The fourth-order valence-corrected chi connectivity index (χ4v) is 1.81. The lowest BCUT2D eigenvalue weighted by Crippen LogP contribution is -2.18. The highest BCUT2D eigenvalue weighted by Gasteiger charge is 2.33. The zero-order valence-electron chi connectivity index (χ0n) is 9.01. The van der Waals surface area contributed by atoms with Gasteiger partial charge in [-0.05, 0) is 6.07 Å². The summed E-state index contributed by atoms with van der Waals surface area (Å²) in [4.78, 5) is 11.5. The highest BCUT2D eigenvalue weighted by molar-refractivity contribution is 6.34. The number of carbonyl (C=O) groups excluding carboxylic acids is 1. The van der Waals surface area contributed by atoms with Gasteiger partial charge in [0, 0.05) is 11.6 Å². The van der Waals surface area contributed by atoms with Crippen LogP contribution in [0.1, 0.15) is 16.8 Å². The van der Waals surface area contributed by atoms with Crippen LogP contribution in [-0.2, 0) is 0 Å². The smallest absolute Gasteiger partial charge is 0.396 e. The first kappa shape index (κ1) is 13.0. The van der Waals surface area contributed by atoms with Crippen LogP contribution in [0, 0.1) is 0 Å². The molecule has 18 heavy (non-hydrogen) atoms. The molecule has 1 aliphatic heterocycles.